The van der Waals surface area contributed by atoms with E-state index in [0.717, 1.165) is 10.0 Å². The van der Waals surface area contributed by atoms with Crippen molar-refractivity contribution in [2.24, 2.45) is 5.73 Å². The Labute approximate surface area is 111 Å². The summed E-state index contributed by atoms with van der Waals surface area (Å²) in [6.07, 6.45) is 0. The van der Waals surface area contributed by atoms with E-state index in [1.165, 1.54) is 0 Å². The molecule has 0 fully saturated rings. The minimum Gasteiger partial charge on any atom is -0.486 e. The third kappa shape index (κ3) is 1.95. The monoisotopic (exact) mass is 311 g/mol. The Morgan fingerprint density at radius 2 is 1.94 bits per heavy atom. The number of benzene rings is 1. The van der Waals surface area contributed by atoms with Gasteiger partial charge >= 0.3 is 0 Å². The van der Waals surface area contributed by atoms with E-state index in [9.17, 15) is 0 Å². The van der Waals surface area contributed by atoms with Crippen LogP contribution in [0.25, 0.3) is 11.4 Å². The zero-order valence-corrected chi connectivity index (χ0v) is 10.9. The van der Waals surface area contributed by atoms with Crippen molar-refractivity contribution in [3.8, 4) is 22.9 Å². The van der Waals surface area contributed by atoms with Crippen molar-refractivity contribution >= 4 is 15.9 Å². The summed E-state index contributed by atoms with van der Waals surface area (Å²) >= 11 is 3.45. The van der Waals surface area contributed by atoms with E-state index in [2.05, 4.69) is 26.1 Å². The zero-order valence-electron chi connectivity index (χ0n) is 9.35. The van der Waals surface area contributed by atoms with Crippen LogP contribution in [-0.2, 0) is 6.54 Å². The van der Waals surface area contributed by atoms with Gasteiger partial charge in [-0.25, -0.2) is 0 Å². The van der Waals surface area contributed by atoms with E-state index < -0.39 is 0 Å². The number of ether oxygens (including phenoxy) is 2. The summed E-state index contributed by atoms with van der Waals surface area (Å²) in [6, 6.07) is 3.66. The lowest BCUT2D eigenvalue weighted by atomic mass is 10.2. The van der Waals surface area contributed by atoms with Gasteiger partial charge in [0.2, 0.25) is 11.7 Å². The fourth-order valence-electron chi connectivity index (χ4n) is 1.68. The second kappa shape index (κ2) is 4.58. The van der Waals surface area contributed by atoms with Gasteiger partial charge in [-0.15, -0.1) is 0 Å². The number of aromatic nitrogens is 2. The van der Waals surface area contributed by atoms with Gasteiger partial charge in [-0.05, 0) is 28.1 Å². The molecule has 0 spiro atoms. The summed E-state index contributed by atoms with van der Waals surface area (Å²) in [4.78, 5) is 4.18. The molecule has 0 unspecified atom stereocenters. The lowest BCUT2D eigenvalue weighted by Gasteiger charge is -2.19. The summed E-state index contributed by atoms with van der Waals surface area (Å²) in [5.74, 6) is 2.25. The molecule has 0 aliphatic carbocycles. The number of nitrogens with two attached hydrogens (primary N) is 1. The smallest absolute Gasteiger partial charge is 0.240 e. The van der Waals surface area contributed by atoms with Crippen LogP contribution < -0.4 is 15.2 Å². The van der Waals surface area contributed by atoms with Crippen LogP contribution in [-0.4, -0.2) is 23.4 Å². The maximum absolute atomic E-state index is 5.52. The molecule has 0 saturated heterocycles. The molecule has 0 radical (unpaired) electrons. The van der Waals surface area contributed by atoms with Gasteiger partial charge in [0.25, 0.3) is 0 Å². The van der Waals surface area contributed by atoms with Crippen LogP contribution in [0.15, 0.2) is 21.1 Å². The summed E-state index contributed by atoms with van der Waals surface area (Å²) < 4.78 is 16.8. The van der Waals surface area contributed by atoms with Crippen molar-refractivity contribution in [3.63, 3.8) is 0 Å². The van der Waals surface area contributed by atoms with Gasteiger partial charge in [0, 0.05) is 10.0 Å². The number of nitrogens with zero attached hydrogens (tertiary/aromatic N) is 2. The first kappa shape index (κ1) is 11.5. The molecule has 0 atom stereocenters. The predicted molar refractivity (Wildman–Crippen MR) is 66.3 cm³/mol. The Morgan fingerprint density at radius 3 is 2.61 bits per heavy atom. The molecule has 2 heterocycles. The van der Waals surface area contributed by atoms with Gasteiger partial charge in [0.05, 0.1) is 6.54 Å². The average Bonchev–Trinajstić information content (AvgIpc) is 2.86. The van der Waals surface area contributed by atoms with Gasteiger partial charge in [0.15, 0.2) is 11.5 Å². The number of rotatable bonds is 2. The van der Waals surface area contributed by atoms with Gasteiger partial charge < -0.3 is 19.7 Å². The van der Waals surface area contributed by atoms with E-state index in [1.54, 1.807) is 0 Å². The average molecular weight is 312 g/mol. The highest BCUT2D eigenvalue weighted by Gasteiger charge is 2.18. The molecule has 1 aliphatic rings. The number of hydrogen-bond donors (Lipinski definition) is 1. The number of hydrogen-bond acceptors (Lipinski definition) is 6. The van der Waals surface area contributed by atoms with E-state index in [4.69, 9.17) is 19.7 Å². The Balaban J connectivity index is 2.06. The van der Waals surface area contributed by atoms with Crippen molar-refractivity contribution in [3.05, 3.63) is 22.5 Å². The van der Waals surface area contributed by atoms with E-state index in [-0.39, 0.29) is 6.54 Å². The first-order valence-corrected chi connectivity index (χ1v) is 6.19. The fraction of sp³-hybridized carbons (Fsp3) is 0.273. The second-order valence-corrected chi connectivity index (χ2v) is 4.55. The Hall–Kier alpha value is -1.60. The summed E-state index contributed by atoms with van der Waals surface area (Å²) in [5.41, 5.74) is 6.22. The Kier molecular flexibility index (Phi) is 2.92. The molecule has 2 N–H and O–H groups in total. The Bertz CT molecular complexity index is 585. The highest BCUT2D eigenvalue weighted by Crippen LogP contribution is 2.39. The van der Waals surface area contributed by atoms with Crippen LogP contribution in [0.4, 0.5) is 0 Å². The quantitative estimate of drug-likeness (QED) is 0.909. The highest BCUT2D eigenvalue weighted by atomic mass is 79.9. The summed E-state index contributed by atoms with van der Waals surface area (Å²) in [7, 11) is 0. The molecule has 1 aliphatic heterocycles. The molecule has 3 rings (SSSR count). The van der Waals surface area contributed by atoms with Crippen molar-refractivity contribution in [1.29, 1.82) is 0 Å². The maximum atomic E-state index is 5.52. The van der Waals surface area contributed by atoms with Crippen molar-refractivity contribution in [2.45, 2.75) is 6.54 Å². The van der Waals surface area contributed by atoms with Gasteiger partial charge in [-0.1, -0.05) is 5.16 Å². The molecular formula is C11H10BrN3O3. The largest absolute Gasteiger partial charge is 0.486 e. The molecule has 6 nitrogen and oxygen atoms in total. The lowest BCUT2D eigenvalue weighted by molar-refractivity contribution is 0.171. The molecule has 1 aromatic heterocycles. The molecular weight excluding hydrogens is 302 g/mol. The molecule has 7 heteroatoms. The first-order valence-electron chi connectivity index (χ1n) is 5.40. The van der Waals surface area contributed by atoms with Crippen LogP contribution in [0.2, 0.25) is 0 Å². The lowest BCUT2D eigenvalue weighted by Crippen LogP contribution is -2.15. The number of fused-ring (bicyclic) bond motifs is 1. The van der Waals surface area contributed by atoms with Crippen LogP contribution in [0, 0.1) is 0 Å². The number of halogens is 1. The molecule has 2 aromatic rings. The first-order chi connectivity index (χ1) is 8.78. The van der Waals surface area contributed by atoms with Crippen molar-refractivity contribution < 1.29 is 14.0 Å². The highest BCUT2D eigenvalue weighted by molar-refractivity contribution is 9.10. The standard InChI is InChI=1S/C11H10BrN3O3/c12-7-4-9-8(16-1-2-17-9)3-6(7)11-14-10(5-13)18-15-11/h3-4H,1-2,5,13H2. The maximum Gasteiger partial charge on any atom is 0.240 e. The van der Waals surface area contributed by atoms with Gasteiger partial charge in [-0.2, -0.15) is 4.98 Å². The van der Waals surface area contributed by atoms with E-state index >= 15 is 0 Å². The normalized spacial score (nSPS) is 13.7. The minimum absolute atomic E-state index is 0.217. The third-order valence-electron chi connectivity index (χ3n) is 2.52. The molecule has 0 saturated carbocycles. The Morgan fingerprint density at radius 1 is 1.22 bits per heavy atom. The third-order valence-corrected chi connectivity index (χ3v) is 3.17. The van der Waals surface area contributed by atoms with Crippen molar-refractivity contribution in [2.75, 3.05) is 13.2 Å². The van der Waals surface area contributed by atoms with E-state index in [0.29, 0.717) is 36.4 Å². The molecule has 1 aromatic carbocycles. The van der Waals surface area contributed by atoms with Gasteiger partial charge in [-0.3, -0.25) is 0 Å². The molecule has 0 bridgehead atoms. The molecule has 18 heavy (non-hydrogen) atoms. The minimum atomic E-state index is 0.217. The molecule has 0 amide bonds. The fourth-order valence-corrected chi connectivity index (χ4v) is 2.18. The van der Waals surface area contributed by atoms with Gasteiger partial charge in [0.1, 0.15) is 13.2 Å². The summed E-state index contributed by atoms with van der Waals surface area (Å²) in [5, 5.41) is 3.87. The van der Waals surface area contributed by atoms with Crippen LogP contribution in [0.1, 0.15) is 5.89 Å². The van der Waals surface area contributed by atoms with Crippen LogP contribution in [0.3, 0.4) is 0 Å². The topological polar surface area (TPSA) is 83.4 Å². The predicted octanol–water partition coefficient (Wildman–Crippen LogP) is 1.73. The zero-order chi connectivity index (χ0) is 12.5. The van der Waals surface area contributed by atoms with Crippen molar-refractivity contribution in [1.82, 2.24) is 10.1 Å². The second-order valence-electron chi connectivity index (χ2n) is 3.69. The van der Waals surface area contributed by atoms with Crippen LogP contribution in [0.5, 0.6) is 11.5 Å². The van der Waals surface area contributed by atoms with Crippen LogP contribution >= 0.6 is 15.9 Å². The SMILES string of the molecule is NCc1nc(-c2cc3c(cc2Br)OCCO3)no1. The van der Waals surface area contributed by atoms with E-state index in [1.807, 2.05) is 12.1 Å². The molecule has 94 valence electrons. The summed E-state index contributed by atoms with van der Waals surface area (Å²) in [6.45, 7) is 1.31.